The largest absolute Gasteiger partial charge is 0.497 e. The standard InChI is InChI=1S/C20H25N5O4S/c1-4-16-21-17-18(24(16)2)22-20(23-19(17)25-9-11-29-12-10-25)30(26,27)13-14-5-7-15(28-3)8-6-14/h5-8H,4,9-13H2,1-3H3. The number of aromatic nitrogens is 4. The molecule has 0 saturated carbocycles. The molecule has 0 amide bonds. The first-order valence-corrected chi connectivity index (χ1v) is 11.5. The molecule has 0 atom stereocenters. The third-order valence-electron chi connectivity index (χ3n) is 5.19. The van der Waals surface area contributed by atoms with Gasteiger partial charge in [-0.3, -0.25) is 0 Å². The van der Waals surface area contributed by atoms with Crippen molar-refractivity contribution in [3.05, 3.63) is 35.7 Å². The second-order valence-electron chi connectivity index (χ2n) is 7.15. The Morgan fingerprint density at radius 1 is 1.10 bits per heavy atom. The van der Waals surface area contributed by atoms with E-state index in [-0.39, 0.29) is 10.9 Å². The fourth-order valence-electron chi connectivity index (χ4n) is 3.53. The molecule has 1 aliphatic heterocycles. The molecule has 0 unspecified atom stereocenters. The molecule has 160 valence electrons. The zero-order valence-corrected chi connectivity index (χ0v) is 18.1. The Morgan fingerprint density at radius 3 is 2.43 bits per heavy atom. The molecule has 1 fully saturated rings. The lowest BCUT2D eigenvalue weighted by molar-refractivity contribution is 0.122. The number of sulfone groups is 1. The summed E-state index contributed by atoms with van der Waals surface area (Å²) < 4.78 is 38.8. The van der Waals surface area contributed by atoms with E-state index >= 15 is 0 Å². The van der Waals surface area contributed by atoms with Crippen LogP contribution in [0.1, 0.15) is 18.3 Å². The van der Waals surface area contributed by atoms with Crippen LogP contribution in [0.5, 0.6) is 5.75 Å². The van der Waals surface area contributed by atoms with Gasteiger partial charge in [0, 0.05) is 26.6 Å². The summed E-state index contributed by atoms with van der Waals surface area (Å²) in [4.78, 5) is 15.6. The van der Waals surface area contributed by atoms with Crippen molar-refractivity contribution in [2.45, 2.75) is 24.3 Å². The Morgan fingerprint density at radius 2 is 1.80 bits per heavy atom. The highest BCUT2D eigenvalue weighted by Crippen LogP contribution is 2.27. The highest BCUT2D eigenvalue weighted by Gasteiger charge is 2.27. The molecular weight excluding hydrogens is 406 g/mol. The first kappa shape index (κ1) is 20.5. The SMILES string of the molecule is CCc1nc2c(N3CCOCC3)nc(S(=O)(=O)Cc3ccc(OC)cc3)nc2n1C. The first-order valence-electron chi connectivity index (χ1n) is 9.84. The smallest absolute Gasteiger partial charge is 0.251 e. The van der Waals surface area contributed by atoms with Crippen LogP contribution in [0.3, 0.4) is 0 Å². The van der Waals surface area contributed by atoms with Gasteiger partial charge in [0.1, 0.15) is 11.6 Å². The number of rotatable bonds is 6. The lowest BCUT2D eigenvalue weighted by Crippen LogP contribution is -2.37. The zero-order valence-electron chi connectivity index (χ0n) is 17.3. The van der Waals surface area contributed by atoms with Crippen LogP contribution in [0.25, 0.3) is 11.2 Å². The summed E-state index contributed by atoms with van der Waals surface area (Å²) in [6.45, 7) is 4.38. The maximum Gasteiger partial charge on any atom is 0.251 e. The summed E-state index contributed by atoms with van der Waals surface area (Å²) in [5, 5.41) is -0.182. The summed E-state index contributed by atoms with van der Waals surface area (Å²) in [6, 6.07) is 6.94. The second-order valence-corrected chi connectivity index (χ2v) is 9.03. The van der Waals surface area contributed by atoms with Crippen LogP contribution in [0.15, 0.2) is 29.4 Å². The fourth-order valence-corrected chi connectivity index (χ4v) is 4.74. The van der Waals surface area contributed by atoms with Crippen LogP contribution in [0.4, 0.5) is 5.82 Å². The molecule has 4 rings (SSSR count). The molecule has 10 heteroatoms. The lowest BCUT2D eigenvalue weighted by Gasteiger charge is -2.28. The van der Waals surface area contributed by atoms with Gasteiger partial charge in [-0.2, -0.15) is 9.97 Å². The Kier molecular flexibility index (Phi) is 5.61. The highest BCUT2D eigenvalue weighted by molar-refractivity contribution is 7.90. The molecule has 3 aromatic rings. The maximum absolute atomic E-state index is 13.2. The summed E-state index contributed by atoms with van der Waals surface area (Å²) >= 11 is 0. The van der Waals surface area contributed by atoms with E-state index in [2.05, 4.69) is 15.0 Å². The van der Waals surface area contributed by atoms with Crippen LogP contribution >= 0.6 is 0 Å². The molecule has 1 aromatic carbocycles. The quantitative estimate of drug-likeness (QED) is 0.544. The van der Waals surface area contributed by atoms with Crippen LogP contribution in [0.2, 0.25) is 0 Å². The van der Waals surface area contributed by atoms with Crippen molar-refractivity contribution >= 4 is 26.8 Å². The van der Waals surface area contributed by atoms with Gasteiger partial charge in [-0.05, 0) is 17.7 Å². The van der Waals surface area contributed by atoms with Crippen molar-refractivity contribution in [2.24, 2.45) is 7.05 Å². The predicted octanol–water partition coefficient (Wildman–Crippen LogP) is 1.74. The van der Waals surface area contributed by atoms with Crippen molar-refractivity contribution in [2.75, 3.05) is 38.3 Å². The van der Waals surface area contributed by atoms with E-state index in [1.54, 1.807) is 31.4 Å². The monoisotopic (exact) mass is 431 g/mol. The molecular formula is C20H25N5O4S. The number of hydrogen-bond acceptors (Lipinski definition) is 8. The molecule has 30 heavy (non-hydrogen) atoms. The highest BCUT2D eigenvalue weighted by atomic mass is 32.2. The van der Waals surface area contributed by atoms with Gasteiger partial charge in [0.25, 0.3) is 5.16 Å². The number of ether oxygens (including phenoxy) is 2. The molecule has 2 aromatic heterocycles. The van der Waals surface area contributed by atoms with Gasteiger partial charge >= 0.3 is 0 Å². The number of methoxy groups -OCH3 is 1. The maximum atomic E-state index is 13.2. The molecule has 0 radical (unpaired) electrons. The van der Waals surface area contributed by atoms with Crippen molar-refractivity contribution in [3.8, 4) is 5.75 Å². The average Bonchev–Trinajstić information content (AvgIpc) is 3.10. The van der Waals surface area contributed by atoms with Gasteiger partial charge in [0.15, 0.2) is 17.0 Å². The molecule has 9 nitrogen and oxygen atoms in total. The summed E-state index contributed by atoms with van der Waals surface area (Å²) in [6.07, 6.45) is 0.712. The van der Waals surface area contributed by atoms with E-state index in [1.165, 1.54) is 0 Å². The van der Waals surface area contributed by atoms with Crippen molar-refractivity contribution in [3.63, 3.8) is 0 Å². The minimum absolute atomic E-state index is 0.182. The molecule has 1 saturated heterocycles. The van der Waals surface area contributed by atoms with Crippen LogP contribution in [-0.4, -0.2) is 61.3 Å². The van der Waals surface area contributed by atoms with Gasteiger partial charge in [-0.15, -0.1) is 0 Å². The summed E-state index contributed by atoms with van der Waals surface area (Å²) in [5.41, 5.74) is 1.79. The Labute approximate surface area is 175 Å². The molecule has 1 aliphatic rings. The molecule has 0 N–H and O–H groups in total. The molecule has 3 heterocycles. The third kappa shape index (κ3) is 3.84. The number of imidazole rings is 1. The summed E-state index contributed by atoms with van der Waals surface area (Å²) in [5.74, 6) is 1.86. The Hall–Kier alpha value is -2.72. The number of fused-ring (bicyclic) bond motifs is 1. The van der Waals surface area contributed by atoms with Crippen LogP contribution in [-0.2, 0) is 33.8 Å². The van der Waals surface area contributed by atoms with E-state index in [9.17, 15) is 8.42 Å². The van der Waals surface area contributed by atoms with Gasteiger partial charge < -0.3 is 18.9 Å². The van der Waals surface area contributed by atoms with E-state index in [1.807, 2.05) is 23.4 Å². The molecule has 0 spiro atoms. The number of morpholine rings is 1. The fraction of sp³-hybridized carbons (Fsp3) is 0.450. The number of hydrogen-bond donors (Lipinski definition) is 0. The number of nitrogens with zero attached hydrogens (tertiary/aromatic N) is 5. The number of anilines is 1. The predicted molar refractivity (Wildman–Crippen MR) is 113 cm³/mol. The second kappa shape index (κ2) is 8.19. The van der Waals surface area contributed by atoms with Gasteiger partial charge in [-0.25, -0.2) is 13.4 Å². The topological polar surface area (TPSA) is 99.4 Å². The van der Waals surface area contributed by atoms with E-state index in [0.29, 0.717) is 61.0 Å². The number of aryl methyl sites for hydroxylation is 2. The Balaban J connectivity index is 1.79. The zero-order chi connectivity index (χ0) is 21.3. The van der Waals surface area contributed by atoms with Crippen molar-refractivity contribution in [1.29, 1.82) is 0 Å². The molecule has 0 bridgehead atoms. The minimum atomic E-state index is -3.76. The minimum Gasteiger partial charge on any atom is -0.497 e. The van der Waals surface area contributed by atoms with Crippen LogP contribution < -0.4 is 9.64 Å². The normalized spacial score (nSPS) is 15.0. The van der Waals surface area contributed by atoms with Gasteiger partial charge in [0.2, 0.25) is 9.84 Å². The van der Waals surface area contributed by atoms with Crippen molar-refractivity contribution in [1.82, 2.24) is 19.5 Å². The Bertz CT molecular complexity index is 1150. The first-order chi connectivity index (χ1) is 14.4. The van der Waals surface area contributed by atoms with E-state index in [0.717, 1.165) is 5.82 Å². The van der Waals surface area contributed by atoms with Crippen LogP contribution in [0, 0.1) is 0 Å². The average molecular weight is 432 g/mol. The molecule has 0 aliphatic carbocycles. The van der Waals surface area contributed by atoms with Gasteiger partial charge in [0.05, 0.1) is 26.1 Å². The lowest BCUT2D eigenvalue weighted by atomic mass is 10.2. The summed E-state index contributed by atoms with van der Waals surface area (Å²) in [7, 11) is -0.341. The van der Waals surface area contributed by atoms with E-state index in [4.69, 9.17) is 9.47 Å². The number of benzene rings is 1. The third-order valence-corrected chi connectivity index (χ3v) is 6.65. The van der Waals surface area contributed by atoms with E-state index < -0.39 is 9.84 Å². The van der Waals surface area contributed by atoms with Crippen molar-refractivity contribution < 1.29 is 17.9 Å². The van der Waals surface area contributed by atoms with Gasteiger partial charge in [-0.1, -0.05) is 19.1 Å².